The number of benzene rings is 3. The molecule has 2 heterocycles. The molecule has 0 aromatic heterocycles. The summed E-state index contributed by atoms with van der Waals surface area (Å²) in [4.78, 5) is 14.3. The Hall–Kier alpha value is -3.39. The molecule has 9 heteroatoms. The van der Waals surface area contributed by atoms with Gasteiger partial charge in [0.2, 0.25) is 12.9 Å². The highest BCUT2D eigenvalue weighted by Crippen LogP contribution is 2.45. The number of β-lactam (4-membered cyclic amide) rings is 1. The third-order valence-electron chi connectivity index (χ3n) is 5.31. The van der Waals surface area contributed by atoms with Crippen LogP contribution in [0.1, 0.15) is 17.2 Å². The Morgan fingerprint density at radius 3 is 2.47 bits per heavy atom. The van der Waals surface area contributed by atoms with Crippen LogP contribution in [0, 0.1) is 0 Å². The molecule has 0 spiro atoms. The van der Waals surface area contributed by atoms with Gasteiger partial charge in [-0.3, -0.25) is 9.69 Å². The van der Waals surface area contributed by atoms with Crippen molar-refractivity contribution in [3.8, 4) is 17.2 Å². The number of nitrogens with zero attached hydrogens (tertiary/aromatic N) is 1. The van der Waals surface area contributed by atoms with Crippen LogP contribution in [-0.4, -0.2) is 18.8 Å². The summed E-state index contributed by atoms with van der Waals surface area (Å²) >= 11 is 5.91. The zero-order chi connectivity index (χ0) is 22.5. The first-order valence-corrected chi connectivity index (χ1v) is 10.0. The fraction of sp³-hybridized carbons (Fsp3) is 0.174. The summed E-state index contributed by atoms with van der Waals surface area (Å²) in [5.41, 5.74) is -0.0667. The molecule has 1 fully saturated rings. The fourth-order valence-electron chi connectivity index (χ4n) is 3.78. The number of hydrogen-bond donors (Lipinski definition) is 0. The molecular formula is C23H15ClF3NO4. The fourth-order valence-corrected chi connectivity index (χ4v) is 3.90. The number of carbonyl (C=O) groups excluding carboxylic acids is 1. The quantitative estimate of drug-likeness (QED) is 0.473. The summed E-state index contributed by atoms with van der Waals surface area (Å²) in [6, 6.07) is 15.6. The van der Waals surface area contributed by atoms with E-state index in [1.165, 1.54) is 17.0 Å². The Bertz CT molecular complexity index is 1180. The van der Waals surface area contributed by atoms with Gasteiger partial charge in [0.05, 0.1) is 5.56 Å². The summed E-state index contributed by atoms with van der Waals surface area (Å²) in [5, 5.41) is 0.509. The highest BCUT2D eigenvalue weighted by atomic mass is 35.5. The maximum atomic E-state index is 13.2. The number of hydrogen-bond acceptors (Lipinski definition) is 4. The average molecular weight is 462 g/mol. The van der Waals surface area contributed by atoms with E-state index in [4.69, 9.17) is 25.8 Å². The molecule has 2 aliphatic rings. The van der Waals surface area contributed by atoms with Crippen LogP contribution in [0.15, 0.2) is 66.7 Å². The zero-order valence-electron chi connectivity index (χ0n) is 16.3. The Kier molecular flexibility index (Phi) is 4.89. The van der Waals surface area contributed by atoms with Gasteiger partial charge in [0.15, 0.2) is 11.5 Å². The van der Waals surface area contributed by atoms with Gasteiger partial charge < -0.3 is 14.2 Å². The molecule has 3 aromatic carbocycles. The molecule has 2 aliphatic heterocycles. The molecule has 0 N–H and O–H groups in total. The molecule has 32 heavy (non-hydrogen) atoms. The monoisotopic (exact) mass is 461 g/mol. The SMILES string of the molecule is O=C1[C@H](Oc2ccc(Cl)cc2)[C@H](c2ccc3c(c2)OCO3)N1c1cccc(C(F)(F)F)c1. The van der Waals surface area contributed by atoms with Crippen molar-refractivity contribution in [3.05, 3.63) is 82.9 Å². The van der Waals surface area contributed by atoms with Gasteiger partial charge in [0, 0.05) is 10.7 Å². The summed E-state index contributed by atoms with van der Waals surface area (Å²) in [6.45, 7) is 0.0738. The molecule has 0 radical (unpaired) electrons. The molecule has 3 aromatic rings. The molecule has 0 unspecified atom stereocenters. The molecule has 0 saturated carbocycles. The Morgan fingerprint density at radius 1 is 0.969 bits per heavy atom. The molecule has 1 amide bonds. The van der Waals surface area contributed by atoms with Gasteiger partial charge in [-0.1, -0.05) is 23.7 Å². The third kappa shape index (κ3) is 3.60. The highest BCUT2D eigenvalue weighted by molar-refractivity contribution is 6.30. The third-order valence-corrected chi connectivity index (χ3v) is 5.56. The van der Waals surface area contributed by atoms with Crippen LogP contribution >= 0.6 is 11.6 Å². The van der Waals surface area contributed by atoms with Gasteiger partial charge in [-0.2, -0.15) is 13.2 Å². The van der Waals surface area contributed by atoms with Crippen LogP contribution in [0.3, 0.4) is 0 Å². The van der Waals surface area contributed by atoms with Gasteiger partial charge in [-0.15, -0.1) is 0 Å². The number of carbonyl (C=O) groups is 1. The largest absolute Gasteiger partial charge is 0.478 e. The van der Waals surface area contributed by atoms with Crippen molar-refractivity contribution in [1.82, 2.24) is 0 Å². The second-order valence-corrected chi connectivity index (χ2v) is 7.74. The van der Waals surface area contributed by atoms with Crippen molar-refractivity contribution >= 4 is 23.2 Å². The smallest absolute Gasteiger partial charge is 0.416 e. The van der Waals surface area contributed by atoms with Gasteiger partial charge in [0.25, 0.3) is 5.91 Å². The maximum absolute atomic E-state index is 13.2. The van der Waals surface area contributed by atoms with E-state index in [2.05, 4.69) is 0 Å². The second kappa shape index (κ2) is 7.63. The van der Waals surface area contributed by atoms with E-state index >= 15 is 0 Å². The lowest BCUT2D eigenvalue weighted by Crippen LogP contribution is -2.61. The number of amides is 1. The van der Waals surface area contributed by atoms with Crippen LogP contribution in [0.5, 0.6) is 17.2 Å². The van der Waals surface area contributed by atoms with Crippen LogP contribution in [0.4, 0.5) is 18.9 Å². The van der Waals surface area contributed by atoms with Crippen LogP contribution < -0.4 is 19.1 Å². The Morgan fingerprint density at radius 2 is 1.72 bits per heavy atom. The van der Waals surface area contributed by atoms with E-state index in [0.29, 0.717) is 27.8 Å². The first-order valence-electron chi connectivity index (χ1n) is 9.63. The topological polar surface area (TPSA) is 48.0 Å². The standard InChI is InChI=1S/C23H15ClF3NO4/c24-15-5-7-17(8-6-15)32-21-20(13-4-9-18-19(10-13)31-12-30-18)28(22(21)29)16-3-1-2-14(11-16)23(25,26)27/h1-11,20-21H,12H2/t20-,21+/m0/s1. The maximum Gasteiger partial charge on any atom is 0.416 e. The van der Waals surface area contributed by atoms with E-state index in [-0.39, 0.29) is 12.5 Å². The molecule has 2 atom stereocenters. The molecule has 5 rings (SSSR count). The van der Waals surface area contributed by atoms with E-state index < -0.39 is 29.8 Å². The predicted molar refractivity (Wildman–Crippen MR) is 110 cm³/mol. The van der Waals surface area contributed by atoms with Crippen molar-refractivity contribution < 1.29 is 32.2 Å². The van der Waals surface area contributed by atoms with Crippen molar-refractivity contribution in [3.63, 3.8) is 0 Å². The van der Waals surface area contributed by atoms with E-state index in [0.717, 1.165) is 12.1 Å². The minimum Gasteiger partial charge on any atom is -0.478 e. The first kappa shape index (κ1) is 20.5. The number of ether oxygens (including phenoxy) is 3. The lowest BCUT2D eigenvalue weighted by Gasteiger charge is -2.46. The van der Waals surface area contributed by atoms with Crippen molar-refractivity contribution in [1.29, 1.82) is 0 Å². The zero-order valence-corrected chi connectivity index (χ0v) is 17.1. The van der Waals surface area contributed by atoms with Crippen molar-refractivity contribution in [2.75, 3.05) is 11.7 Å². The molecular weight excluding hydrogens is 447 g/mol. The molecule has 0 bridgehead atoms. The normalized spacial score (nSPS) is 19.6. The van der Waals surface area contributed by atoms with Crippen LogP contribution in [0.2, 0.25) is 5.02 Å². The summed E-state index contributed by atoms with van der Waals surface area (Å²) < 4.78 is 56.4. The van der Waals surface area contributed by atoms with E-state index in [9.17, 15) is 18.0 Å². The van der Waals surface area contributed by atoms with E-state index in [1.807, 2.05) is 0 Å². The minimum absolute atomic E-state index is 0.0738. The summed E-state index contributed by atoms with van der Waals surface area (Å²) in [5.74, 6) is 1.01. The number of anilines is 1. The Labute approximate surface area is 185 Å². The van der Waals surface area contributed by atoms with Crippen LogP contribution in [0.25, 0.3) is 0 Å². The van der Waals surface area contributed by atoms with E-state index in [1.54, 1.807) is 42.5 Å². The molecule has 5 nitrogen and oxygen atoms in total. The number of fused-ring (bicyclic) bond motifs is 1. The lowest BCUT2D eigenvalue weighted by molar-refractivity contribution is -0.138. The van der Waals surface area contributed by atoms with Crippen LogP contribution in [-0.2, 0) is 11.0 Å². The minimum atomic E-state index is -4.53. The van der Waals surface area contributed by atoms with Gasteiger partial charge in [-0.05, 0) is 60.2 Å². The Balaban J connectivity index is 1.53. The van der Waals surface area contributed by atoms with Crippen molar-refractivity contribution in [2.24, 2.45) is 0 Å². The number of rotatable bonds is 4. The molecule has 0 aliphatic carbocycles. The summed E-state index contributed by atoms with van der Waals surface area (Å²) in [6.07, 6.45) is -5.47. The molecule has 164 valence electrons. The average Bonchev–Trinajstić information content (AvgIpc) is 3.24. The van der Waals surface area contributed by atoms with Crippen molar-refractivity contribution in [2.45, 2.75) is 18.3 Å². The highest BCUT2D eigenvalue weighted by Gasteiger charge is 2.51. The van der Waals surface area contributed by atoms with Gasteiger partial charge in [-0.25, -0.2) is 0 Å². The van der Waals surface area contributed by atoms with Gasteiger partial charge in [0.1, 0.15) is 11.8 Å². The second-order valence-electron chi connectivity index (χ2n) is 7.31. The first-order chi connectivity index (χ1) is 15.3. The van der Waals surface area contributed by atoms with Gasteiger partial charge >= 0.3 is 6.18 Å². The lowest BCUT2D eigenvalue weighted by atomic mass is 9.89. The number of halogens is 4. The summed E-state index contributed by atoms with van der Waals surface area (Å²) in [7, 11) is 0. The number of alkyl halides is 3. The predicted octanol–water partition coefficient (Wildman–Crippen LogP) is 5.62. The molecule has 1 saturated heterocycles.